The third-order valence-electron chi connectivity index (χ3n) is 3.82. The molecule has 0 aliphatic rings. The Balaban J connectivity index is 1.39. The molecule has 1 aromatic carbocycles. The van der Waals surface area contributed by atoms with Crippen LogP contribution in [0.1, 0.15) is 17.5 Å². The highest BCUT2D eigenvalue weighted by molar-refractivity contribution is 7.13. The topological polar surface area (TPSA) is 54.0 Å². The number of rotatable bonds is 7. The largest absolute Gasteiger partial charge is 0.338 e. The highest BCUT2D eigenvalue weighted by Crippen LogP contribution is 2.24. The minimum Gasteiger partial charge on any atom is -0.338 e. The molecule has 0 bridgehead atoms. The van der Waals surface area contributed by atoms with Crippen LogP contribution >= 0.6 is 11.3 Å². The second-order valence-corrected chi connectivity index (χ2v) is 6.71. The van der Waals surface area contributed by atoms with Crippen LogP contribution < -0.4 is 10.6 Å². The Morgan fingerprint density at radius 3 is 2.68 bits per heavy atom. The number of urea groups is 1. The van der Waals surface area contributed by atoms with Crippen molar-refractivity contribution in [2.24, 2.45) is 0 Å². The van der Waals surface area contributed by atoms with Crippen LogP contribution in [0.15, 0.2) is 66.3 Å². The first-order chi connectivity index (χ1) is 12.3. The van der Waals surface area contributed by atoms with E-state index in [2.05, 4.69) is 39.9 Å². The van der Waals surface area contributed by atoms with Crippen molar-refractivity contribution in [2.75, 3.05) is 6.54 Å². The number of carbonyl (C=O) groups is 1. The number of thiophene rings is 1. The molecule has 0 unspecified atom stereocenters. The fourth-order valence-electron chi connectivity index (χ4n) is 2.55. The highest BCUT2D eigenvalue weighted by Gasteiger charge is 2.03. The van der Waals surface area contributed by atoms with Crippen molar-refractivity contribution in [3.63, 3.8) is 0 Å². The van der Waals surface area contributed by atoms with Gasteiger partial charge in [-0.3, -0.25) is 4.98 Å². The second kappa shape index (κ2) is 8.99. The highest BCUT2D eigenvalue weighted by atomic mass is 32.1. The van der Waals surface area contributed by atoms with Gasteiger partial charge in [0.15, 0.2) is 0 Å². The summed E-state index contributed by atoms with van der Waals surface area (Å²) in [6.45, 7) is 1.13. The van der Waals surface area contributed by atoms with Gasteiger partial charge in [-0.05, 0) is 41.5 Å². The number of carbonyl (C=O) groups excluding carboxylic acids is 1. The molecular weight excluding hydrogens is 330 g/mol. The second-order valence-electron chi connectivity index (χ2n) is 5.76. The third-order valence-corrected chi connectivity index (χ3v) is 4.74. The molecule has 0 aliphatic heterocycles. The third kappa shape index (κ3) is 5.43. The minimum absolute atomic E-state index is 0.144. The van der Waals surface area contributed by atoms with Gasteiger partial charge in [-0.15, -0.1) is 11.3 Å². The van der Waals surface area contributed by atoms with Gasteiger partial charge in [-0.1, -0.05) is 36.4 Å². The molecule has 3 aromatic rings. The summed E-state index contributed by atoms with van der Waals surface area (Å²) in [4.78, 5) is 17.3. The SMILES string of the molecule is O=C(NCCCc1ccccc1)NCc1cncc(-c2cccs2)c1. The van der Waals surface area contributed by atoms with Crippen LogP contribution in [-0.4, -0.2) is 17.6 Å². The maximum absolute atomic E-state index is 11.9. The lowest BCUT2D eigenvalue weighted by molar-refractivity contribution is 0.240. The molecule has 0 aliphatic carbocycles. The molecule has 0 fully saturated rings. The van der Waals surface area contributed by atoms with Gasteiger partial charge in [0, 0.05) is 35.9 Å². The van der Waals surface area contributed by atoms with Crippen molar-refractivity contribution < 1.29 is 4.79 Å². The number of hydrogen-bond donors (Lipinski definition) is 2. The fourth-order valence-corrected chi connectivity index (χ4v) is 3.25. The summed E-state index contributed by atoms with van der Waals surface area (Å²) in [5.41, 5.74) is 3.36. The summed E-state index contributed by atoms with van der Waals surface area (Å²) in [5.74, 6) is 0. The number of hydrogen-bond acceptors (Lipinski definition) is 3. The zero-order valence-corrected chi connectivity index (χ0v) is 14.8. The molecule has 0 atom stereocenters. The van der Waals surface area contributed by atoms with Crippen molar-refractivity contribution in [3.05, 3.63) is 77.4 Å². The van der Waals surface area contributed by atoms with Gasteiger partial charge >= 0.3 is 6.03 Å². The Morgan fingerprint density at radius 1 is 1.00 bits per heavy atom. The maximum atomic E-state index is 11.9. The van der Waals surface area contributed by atoms with E-state index in [0.29, 0.717) is 13.1 Å². The molecule has 2 heterocycles. The quantitative estimate of drug-likeness (QED) is 0.626. The Morgan fingerprint density at radius 2 is 1.88 bits per heavy atom. The smallest absolute Gasteiger partial charge is 0.315 e. The molecule has 2 aromatic heterocycles. The summed E-state index contributed by atoms with van der Waals surface area (Å²) in [6, 6.07) is 16.3. The number of nitrogens with one attached hydrogen (secondary N) is 2. The summed E-state index contributed by atoms with van der Waals surface area (Å²) < 4.78 is 0. The zero-order valence-electron chi connectivity index (χ0n) is 13.9. The lowest BCUT2D eigenvalue weighted by Crippen LogP contribution is -2.35. The monoisotopic (exact) mass is 351 g/mol. The number of aromatic nitrogens is 1. The van der Waals surface area contributed by atoms with Crippen molar-refractivity contribution in [1.29, 1.82) is 0 Å². The van der Waals surface area contributed by atoms with E-state index in [1.165, 1.54) is 10.4 Å². The molecule has 2 N–H and O–H groups in total. The minimum atomic E-state index is -0.144. The summed E-state index contributed by atoms with van der Waals surface area (Å²) in [5, 5.41) is 7.83. The predicted molar refractivity (Wildman–Crippen MR) is 103 cm³/mol. The number of aryl methyl sites for hydroxylation is 1. The molecule has 25 heavy (non-hydrogen) atoms. The van der Waals surface area contributed by atoms with E-state index in [-0.39, 0.29) is 6.03 Å². The summed E-state index contributed by atoms with van der Waals surface area (Å²) >= 11 is 1.68. The van der Waals surface area contributed by atoms with Gasteiger partial charge in [-0.2, -0.15) is 0 Å². The van der Waals surface area contributed by atoms with Crippen LogP contribution in [0.3, 0.4) is 0 Å². The molecule has 3 rings (SSSR count). The van der Waals surface area contributed by atoms with Crippen LogP contribution in [0.4, 0.5) is 4.79 Å². The standard InChI is InChI=1S/C20H21N3OS/c24-20(22-10-4-8-16-6-2-1-3-7-16)23-14-17-12-18(15-21-13-17)19-9-5-11-25-19/h1-3,5-7,9,11-13,15H,4,8,10,14H2,(H2,22,23,24). The van der Waals surface area contributed by atoms with Gasteiger partial charge in [-0.25, -0.2) is 4.79 Å². The lowest BCUT2D eigenvalue weighted by Gasteiger charge is -2.08. The molecule has 0 spiro atoms. The average Bonchev–Trinajstić information content (AvgIpc) is 3.19. The van der Waals surface area contributed by atoms with E-state index in [1.54, 1.807) is 17.5 Å². The molecule has 128 valence electrons. The van der Waals surface area contributed by atoms with E-state index in [9.17, 15) is 4.79 Å². The molecule has 0 saturated heterocycles. The van der Waals surface area contributed by atoms with Gasteiger partial charge in [0.2, 0.25) is 0 Å². The van der Waals surface area contributed by atoms with Gasteiger partial charge in [0.05, 0.1) is 0 Å². The first-order valence-electron chi connectivity index (χ1n) is 8.35. The Bertz CT molecular complexity index is 788. The number of amides is 2. The Labute approximate surface area is 151 Å². The Hall–Kier alpha value is -2.66. The molecule has 4 nitrogen and oxygen atoms in total. The van der Waals surface area contributed by atoms with E-state index in [1.807, 2.05) is 35.8 Å². The average molecular weight is 351 g/mol. The van der Waals surface area contributed by atoms with Gasteiger partial charge in [0.1, 0.15) is 0 Å². The molecule has 5 heteroatoms. The molecule has 0 radical (unpaired) electrons. The summed E-state index contributed by atoms with van der Waals surface area (Å²) in [7, 11) is 0. The van der Waals surface area contributed by atoms with Crippen molar-refractivity contribution >= 4 is 17.4 Å². The molecule has 0 saturated carbocycles. The fraction of sp³-hybridized carbons (Fsp3) is 0.200. The van der Waals surface area contributed by atoms with Crippen LogP contribution in [-0.2, 0) is 13.0 Å². The van der Waals surface area contributed by atoms with Crippen LogP contribution in [0.25, 0.3) is 10.4 Å². The molecular formula is C20H21N3OS. The predicted octanol–water partition coefficient (Wildman–Crippen LogP) is 4.24. The van der Waals surface area contributed by atoms with Crippen LogP contribution in [0, 0.1) is 0 Å². The first kappa shape index (κ1) is 17.2. The molecule has 2 amide bonds. The van der Waals surface area contributed by atoms with Crippen LogP contribution in [0.2, 0.25) is 0 Å². The van der Waals surface area contributed by atoms with Crippen molar-refractivity contribution in [3.8, 4) is 10.4 Å². The first-order valence-corrected chi connectivity index (χ1v) is 9.22. The number of pyridine rings is 1. The van der Waals surface area contributed by atoms with E-state index >= 15 is 0 Å². The van der Waals surface area contributed by atoms with E-state index < -0.39 is 0 Å². The van der Waals surface area contributed by atoms with Gasteiger partial charge in [0.25, 0.3) is 0 Å². The van der Waals surface area contributed by atoms with E-state index in [4.69, 9.17) is 0 Å². The Kier molecular flexibility index (Phi) is 6.17. The van der Waals surface area contributed by atoms with Gasteiger partial charge < -0.3 is 10.6 Å². The summed E-state index contributed by atoms with van der Waals surface area (Å²) in [6.07, 6.45) is 5.52. The van der Waals surface area contributed by atoms with Crippen molar-refractivity contribution in [1.82, 2.24) is 15.6 Å². The van der Waals surface area contributed by atoms with Crippen molar-refractivity contribution in [2.45, 2.75) is 19.4 Å². The number of nitrogens with zero attached hydrogens (tertiary/aromatic N) is 1. The zero-order chi connectivity index (χ0) is 17.3. The van der Waals surface area contributed by atoms with E-state index in [0.717, 1.165) is 24.0 Å². The maximum Gasteiger partial charge on any atom is 0.315 e. The number of benzene rings is 1. The van der Waals surface area contributed by atoms with Crippen LogP contribution in [0.5, 0.6) is 0 Å². The normalized spacial score (nSPS) is 10.4. The lowest BCUT2D eigenvalue weighted by atomic mass is 10.1.